The number of benzene rings is 3. The zero-order valence-corrected chi connectivity index (χ0v) is 22.0. The van der Waals surface area contributed by atoms with E-state index < -0.39 is 17.6 Å². The fourth-order valence-corrected chi connectivity index (χ4v) is 5.37. The van der Waals surface area contributed by atoms with Crippen LogP contribution in [0.1, 0.15) is 41.0 Å². The van der Waals surface area contributed by atoms with E-state index >= 15 is 0 Å². The van der Waals surface area contributed by atoms with Gasteiger partial charge in [-0.25, -0.2) is 14.8 Å². The number of carboxylic acids is 1. The van der Waals surface area contributed by atoms with E-state index in [9.17, 15) is 14.7 Å². The highest BCUT2D eigenvalue weighted by atomic mass is 16.5. The van der Waals surface area contributed by atoms with Gasteiger partial charge in [0.1, 0.15) is 5.54 Å². The van der Waals surface area contributed by atoms with E-state index in [0.717, 1.165) is 5.56 Å². The number of ether oxygens (including phenoxy) is 1. The van der Waals surface area contributed by atoms with Gasteiger partial charge in [0.2, 0.25) is 12.0 Å². The lowest BCUT2D eigenvalue weighted by Gasteiger charge is -2.40. The van der Waals surface area contributed by atoms with E-state index in [1.165, 1.54) is 0 Å². The molecule has 3 atom stereocenters. The number of anilines is 1. The van der Waals surface area contributed by atoms with Crippen LogP contribution in [0.15, 0.2) is 91.0 Å². The van der Waals surface area contributed by atoms with Crippen molar-refractivity contribution in [2.24, 2.45) is 0 Å². The maximum absolute atomic E-state index is 13.8. The van der Waals surface area contributed by atoms with Crippen molar-refractivity contribution in [1.82, 2.24) is 15.3 Å². The number of rotatable bonds is 7. The molecule has 4 aromatic rings. The Morgan fingerprint density at radius 3 is 2.18 bits per heavy atom. The number of carbonyl (C=O) groups is 2. The number of nitrogens with one attached hydrogen (secondary N) is 1. The number of carbonyl (C=O) groups excluding carboxylic acids is 1. The molecule has 0 bridgehead atoms. The standard InChI is InChI=1S/C31H30N4O4/c1-20-18-21(2)34-30(33-20)39-28(29(37)38)31(24-14-8-5-9-15-24)25-16-10-11-17-26(25)35(27(36)19-32-31)22(3)23-12-6-4-7-13-23/h4-18,22,28,32H,19H2,1-3H3,(H,37,38)/t22?,28-,31+/m1/s1. The molecule has 0 saturated carbocycles. The zero-order valence-electron chi connectivity index (χ0n) is 22.0. The third-order valence-electron chi connectivity index (χ3n) is 7.08. The number of aryl methyl sites for hydroxylation is 2. The number of aliphatic carboxylic acids is 1. The van der Waals surface area contributed by atoms with Crippen molar-refractivity contribution in [3.63, 3.8) is 0 Å². The minimum absolute atomic E-state index is 0.0421. The Morgan fingerprint density at radius 1 is 0.949 bits per heavy atom. The first-order chi connectivity index (χ1) is 18.8. The van der Waals surface area contributed by atoms with Gasteiger partial charge in [0.05, 0.1) is 12.6 Å². The molecule has 1 amide bonds. The molecule has 198 valence electrons. The molecule has 39 heavy (non-hydrogen) atoms. The molecular formula is C31H30N4O4. The molecule has 0 spiro atoms. The first kappa shape index (κ1) is 26.1. The summed E-state index contributed by atoms with van der Waals surface area (Å²) in [5.74, 6) is -1.41. The summed E-state index contributed by atoms with van der Waals surface area (Å²) in [4.78, 5) is 37.3. The van der Waals surface area contributed by atoms with Crippen LogP contribution in [0.25, 0.3) is 0 Å². The highest BCUT2D eigenvalue weighted by molar-refractivity contribution is 5.98. The number of hydrogen-bond donors (Lipinski definition) is 2. The second-order valence-electron chi connectivity index (χ2n) is 9.66. The molecule has 3 aromatic carbocycles. The molecule has 1 unspecified atom stereocenters. The monoisotopic (exact) mass is 522 g/mol. The Hall–Kier alpha value is -4.56. The average Bonchev–Trinajstić information content (AvgIpc) is 3.06. The van der Waals surface area contributed by atoms with E-state index in [1.54, 1.807) is 24.8 Å². The van der Waals surface area contributed by atoms with Crippen LogP contribution in [0.5, 0.6) is 6.01 Å². The molecule has 1 aromatic heterocycles. The second kappa shape index (κ2) is 10.7. The predicted molar refractivity (Wildman–Crippen MR) is 148 cm³/mol. The molecule has 2 N–H and O–H groups in total. The Kier molecular flexibility index (Phi) is 7.13. The van der Waals surface area contributed by atoms with Gasteiger partial charge in [0.25, 0.3) is 0 Å². The molecule has 0 aliphatic carbocycles. The number of carboxylic acid groups (broad SMARTS) is 1. The summed E-state index contributed by atoms with van der Waals surface area (Å²) in [5.41, 5.74) is 2.65. The van der Waals surface area contributed by atoms with Crippen molar-refractivity contribution < 1.29 is 19.4 Å². The van der Waals surface area contributed by atoms with Gasteiger partial charge in [-0.05, 0) is 44.0 Å². The van der Waals surface area contributed by atoms with Gasteiger partial charge < -0.3 is 14.7 Å². The molecule has 8 nitrogen and oxygen atoms in total. The molecule has 0 saturated heterocycles. The zero-order chi connectivity index (χ0) is 27.6. The van der Waals surface area contributed by atoms with Crippen LogP contribution in [0.2, 0.25) is 0 Å². The highest BCUT2D eigenvalue weighted by Gasteiger charge is 2.52. The smallest absolute Gasteiger partial charge is 0.347 e. The van der Waals surface area contributed by atoms with E-state index in [-0.39, 0.29) is 24.5 Å². The molecule has 1 aliphatic heterocycles. The number of para-hydroxylation sites is 1. The molecule has 0 radical (unpaired) electrons. The summed E-state index contributed by atoms with van der Waals surface area (Å²) in [7, 11) is 0. The van der Waals surface area contributed by atoms with Gasteiger partial charge in [0, 0.05) is 22.6 Å². The van der Waals surface area contributed by atoms with Crippen LogP contribution in [-0.2, 0) is 15.1 Å². The fourth-order valence-electron chi connectivity index (χ4n) is 5.37. The minimum atomic E-state index is -1.51. The number of aromatic nitrogens is 2. The van der Waals surface area contributed by atoms with Crippen molar-refractivity contribution in [2.75, 3.05) is 11.4 Å². The normalized spacial score (nSPS) is 18.5. The van der Waals surface area contributed by atoms with Crippen molar-refractivity contribution >= 4 is 17.6 Å². The summed E-state index contributed by atoms with van der Waals surface area (Å²) >= 11 is 0. The van der Waals surface area contributed by atoms with Gasteiger partial charge in [-0.2, -0.15) is 0 Å². The quantitative estimate of drug-likeness (QED) is 0.366. The highest BCUT2D eigenvalue weighted by Crippen LogP contribution is 2.44. The first-order valence-corrected chi connectivity index (χ1v) is 12.8. The molecule has 2 heterocycles. The number of nitrogens with zero attached hydrogens (tertiary/aromatic N) is 3. The summed E-state index contributed by atoms with van der Waals surface area (Å²) in [6.07, 6.45) is -1.51. The topological polar surface area (TPSA) is 105 Å². The van der Waals surface area contributed by atoms with Crippen molar-refractivity contribution in [1.29, 1.82) is 0 Å². The Morgan fingerprint density at radius 2 is 1.54 bits per heavy atom. The average molecular weight is 523 g/mol. The van der Waals surface area contributed by atoms with E-state index in [4.69, 9.17) is 4.74 Å². The van der Waals surface area contributed by atoms with Gasteiger partial charge in [-0.3, -0.25) is 10.1 Å². The van der Waals surface area contributed by atoms with Gasteiger partial charge in [0.15, 0.2) is 0 Å². The van der Waals surface area contributed by atoms with Crippen molar-refractivity contribution in [3.05, 3.63) is 119 Å². The Bertz CT molecular complexity index is 1470. The van der Waals surface area contributed by atoms with Gasteiger partial charge >= 0.3 is 12.0 Å². The molecule has 1 aliphatic rings. The van der Waals surface area contributed by atoms with Crippen LogP contribution in [0, 0.1) is 13.8 Å². The van der Waals surface area contributed by atoms with E-state index in [0.29, 0.717) is 28.2 Å². The SMILES string of the molecule is Cc1cc(C)nc(O[C@H](C(=O)O)[C@@]2(c3ccccc3)NCC(=O)N(C(C)c3ccccc3)c3ccccc32)n1. The summed E-state index contributed by atoms with van der Waals surface area (Å²) in [5, 5.41) is 14.0. The minimum Gasteiger partial charge on any atom is -0.478 e. The number of hydrogen-bond acceptors (Lipinski definition) is 6. The maximum Gasteiger partial charge on any atom is 0.347 e. The molecule has 0 fully saturated rings. The van der Waals surface area contributed by atoms with Crippen LogP contribution in [0.4, 0.5) is 5.69 Å². The van der Waals surface area contributed by atoms with Gasteiger partial charge in [-0.1, -0.05) is 78.9 Å². The van der Waals surface area contributed by atoms with Crippen LogP contribution >= 0.6 is 0 Å². The lowest BCUT2D eigenvalue weighted by molar-refractivity contribution is -0.149. The summed E-state index contributed by atoms with van der Waals surface area (Å²) in [6.45, 7) is 5.44. The van der Waals surface area contributed by atoms with Gasteiger partial charge in [-0.15, -0.1) is 0 Å². The van der Waals surface area contributed by atoms with Crippen LogP contribution < -0.4 is 15.0 Å². The lowest BCUT2D eigenvalue weighted by atomic mass is 9.77. The molecule has 5 rings (SSSR count). The van der Waals surface area contributed by atoms with Crippen LogP contribution in [0.3, 0.4) is 0 Å². The maximum atomic E-state index is 13.8. The molecular weight excluding hydrogens is 492 g/mol. The number of amides is 1. The Balaban J connectivity index is 1.75. The summed E-state index contributed by atoms with van der Waals surface area (Å²) < 4.78 is 6.15. The van der Waals surface area contributed by atoms with Crippen molar-refractivity contribution in [2.45, 2.75) is 38.5 Å². The third-order valence-corrected chi connectivity index (χ3v) is 7.08. The lowest BCUT2D eigenvalue weighted by Crippen LogP contribution is -2.58. The fraction of sp³-hybridized carbons (Fsp3) is 0.226. The first-order valence-electron chi connectivity index (χ1n) is 12.8. The molecule has 8 heteroatoms. The largest absolute Gasteiger partial charge is 0.478 e. The van der Waals surface area contributed by atoms with E-state index in [2.05, 4.69) is 15.3 Å². The third kappa shape index (κ3) is 4.86. The second-order valence-corrected chi connectivity index (χ2v) is 9.66. The predicted octanol–water partition coefficient (Wildman–Crippen LogP) is 4.57. The Labute approximate surface area is 227 Å². The van der Waals surface area contributed by atoms with Crippen LogP contribution in [-0.4, -0.2) is 39.6 Å². The van der Waals surface area contributed by atoms with E-state index in [1.807, 2.05) is 91.9 Å². The number of fused-ring (bicyclic) bond motifs is 1. The van der Waals surface area contributed by atoms with Crippen molar-refractivity contribution in [3.8, 4) is 6.01 Å². The summed E-state index contributed by atoms with van der Waals surface area (Å²) in [6, 6.07) is 27.8.